The molecule has 0 aliphatic carbocycles. The highest BCUT2D eigenvalue weighted by atomic mass is 79.9. The molecule has 0 aromatic heterocycles. The zero-order valence-corrected chi connectivity index (χ0v) is 15.1. The zero-order chi connectivity index (χ0) is 17.5. The fourth-order valence-corrected chi connectivity index (χ4v) is 2.37. The first-order valence-corrected chi connectivity index (χ1v) is 8.33. The van der Waals surface area contributed by atoms with Crippen LogP contribution in [-0.4, -0.2) is 17.9 Å². The SMILES string of the molecule is CC(C)Oc1ccc(CNC(=O)C(=O)Nc2cccc(Br)c2)cc1. The molecule has 0 radical (unpaired) electrons. The quantitative estimate of drug-likeness (QED) is 0.767. The molecule has 0 heterocycles. The van der Waals surface area contributed by atoms with Crippen LogP contribution < -0.4 is 15.4 Å². The minimum Gasteiger partial charge on any atom is -0.491 e. The molecule has 6 heteroatoms. The van der Waals surface area contributed by atoms with Gasteiger partial charge in [-0.2, -0.15) is 0 Å². The fourth-order valence-electron chi connectivity index (χ4n) is 1.97. The van der Waals surface area contributed by atoms with Crippen LogP contribution >= 0.6 is 15.9 Å². The highest BCUT2D eigenvalue weighted by molar-refractivity contribution is 9.10. The van der Waals surface area contributed by atoms with Crippen LogP contribution in [0.2, 0.25) is 0 Å². The van der Waals surface area contributed by atoms with Crippen LogP contribution in [0.1, 0.15) is 19.4 Å². The van der Waals surface area contributed by atoms with Gasteiger partial charge in [0.25, 0.3) is 0 Å². The second kappa shape index (κ2) is 8.49. The lowest BCUT2D eigenvalue weighted by Crippen LogP contribution is -2.34. The van der Waals surface area contributed by atoms with E-state index in [1.54, 1.807) is 18.2 Å². The van der Waals surface area contributed by atoms with Crippen LogP contribution in [0.25, 0.3) is 0 Å². The third-order valence-corrected chi connectivity index (χ3v) is 3.53. The van der Waals surface area contributed by atoms with Gasteiger partial charge in [0, 0.05) is 16.7 Å². The minimum atomic E-state index is -0.701. The van der Waals surface area contributed by atoms with Crippen molar-refractivity contribution in [2.24, 2.45) is 0 Å². The Bertz CT molecular complexity index is 714. The highest BCUT2D eigenvalue weighted by Gasteiger charge is 2.13. The molecule has 2 N–H and O–H groups in total. The molecule has 0 aliphatic rings. The van der Waals surface area contributed by atoms with E-state index in [4.69, 9.17) is 4.74 Å². The van der Waals surface area contributed by atoms with Gasteiger partial charge < -0.3 is 15.4 Å². The predicted molar refractivity (Wildman–Crippen MR) is 96.8 cm³/mol. The van der Waals surface area contributed by atoms with Crippen LogP contribution in [-0.2, 0) is 16.1 Å². The number of anilines is 1. The number of nitrogens with one attached hydrogen (secondary N) is 2. The average Bonchev–Trinajstić information content (AvgIpc) is 2.53. The molecule has 0 saturated carbocycles. The minimum absolute atomic E-state index is 0.109. The maximum atomic E-state index is 11.9. The van der Waals surface area contributed by atoms with Crippen LogP contribution in [0.4, 0.5) is 5.69 Å². The Labute approximate surface area is 149 Å². The number of hydrogen-bond acceptors (Lipinski definition) is 3. The van der Waals surface area contributed by atoms with Crippen molar-refractivity contribution in [1.82, 2.24) is 5.32 Å². The summed E-state index contributed by atoms with van der Waals surface area (Å²) >= 11 is 3.31. The van der Waals surface area contributed by atoms with E-state index in [0.29, 0.717) is 5.69 Å². The summed E-state index contributed by atoms with van der Waals surface area (Å²) < 4.78 is 6.38. The van der Waals surface area contributed by atoms with Gasteiger partial charge in [-0.3, -0.25) is 9.59 Å². The third kappa shape index (κ3) is 5.70. The Morgan fingerprint density at radius 3 is 2.42 bits per heavy atom. The van der Waals surface area contributed by atoms with Crippen molar-refractivity contribution >= 4 is 33.4 Å². The number of halogens is 1. The molecule has 0 unspecified atom stereocenters. The third-order valence-electron chi connectivity index (χ3n) is 3.04. The van der Waals surface area contributed by atoms with Gasteiger partial charge in [0.2, 0.25) is 0 Å². The number of amides is 2. The second-order valence-electron chi connectivity index (χ2n) is 5.46. The van der Waals surface area contributed by atoms with Gasteiger partial charge in [0.1, 0.15) is 5.75 Å². The lowest BCUT2D eigenvalue weighted by atomic mass is 10.2. The Kier molecular flexibility index (Phi) is 6.37. The summed E-state index contributed by atoms with van der Waals surface area (Å²) in [6, 6.07) is 14.4. The molecule has 0 atom stereocenters. The van der Waals surface area contributed by atoms with E-state index in [-0.39, 0.29) is 12.6 Å². The molecule has 24 heavy (non-hydrogen) atoms. The van der Waals surface area contributed by atoms with Crippen molar-refractivity contribution in [1.29, 1.82) is 0 Å². The van der Waals surface area contributed by atoms with Crippen LogP contribution in [0.3, 0.4) is 0 Å². The van der Waals surface area contributed by atoms with Crippen LogP contribution in [0.15, 0.2) is 53.0 Å². The van der Waals surface area contributed by atoms with Crippen molar-refractivity contribution in [2.75, 3.05) is 5.32 Å². The molecule has 0 saturated heterocycles. The van der Waals surface area contributed by atoms with Crippen molar-refractivity contribution in [3.8, 4) is 5.75 Å². The first kappa shape index (κ1) is 18.0. The van der Waals surface area contributed by atoms with E-state index in [9.17, 15) is 9.59 Å². The number of carbonyl (C=O) groups excluding carboxylic acids is 2. The molecule has 5 nitrogen and oxygen atoms in total. The molecule has 2 aromatic carbocycles. The van der Waals surface area contributed by atoms with Crippen molar-refractivity contribution in [2.45, 2.75) is 26.5 Å². The molecule has 0 spiro atoms. The largest absolute Gasteiger partial charge is 0.491 e. The predicted octanol–water partition coefficient (Wildman–Crippen LogP) is 3.49. The van der Waals surface area contributed by atoms with E-state index < -0.39 is 11.8 Å². The zero-order valence-electron chi connectivity index (χ0n) is 13.5. The second-order valence-corrected chi connectivity index (χ2v) is 6.37. The molecule has 126 valence electrons. The Balaban J connectivity index is 1.84. The summed E-state index contributed by atoms with van der Waals surface area (Å²) in [6.07, 6.45) is 0.109. The summed E-state index contributed by atoms with van der Waals surface area (Å²) in [4.78, 5) is 23.7. The van der Waals surface area contributed by atoms with E-state index in [1.807, 2.05) is 44.2 Å². The van der Waals surface area contributed by atoms with Crippen molar-refractivity contribution in [3.63, 3.8) is 0 Å². The fraction of sp³-hybridized carbons (Fsp3) is 0.222. The maximum absolute atomic E-state index is 11.9. The van der Waals surface area contributed by atoms with Gasteiger partial charge in [0.05, 0.1) is 6.10 Å². The van der Waals surface area contributed by atoms with E-state index in [0.717, 1.165) is 15.8 Å². The van der Waals surface area contributed by atoms with Crippen molar-refractivity contribution < 1.29 is 14.3 Å². The number of benzene rings is 2. The normalized spacial score (nSPS) is 10.3. The Morgan fingerprint density at radius 2 is 1.79 bits per heavy atom. The number of carbonyl (C=O) groups is 2. The molecule has 2 amide bonds. The monoisotopic (exact) mass is 390 g/mol. The molecular weight excluding hydrogens is 372 g/mol. The summed E-state index contributed by atoms with van der Waals surface area (Å²) in [5, 5.41) is 5.14. The van der Waals surface area contributed by atoms with E-state index >= 15 is 0 Å². The average molecular weight is 391 g/mol. The maximum Gasteiger partial charge on any atom is 0.313 e. The van der Waals surface area contributed by atoms with Gasteiger partial charge in [-0.25, -0.2) is 0 Å². The summed E-state index contributed by atoms with van der Waals surface area (Å²) in [5.41, 5.74) is 1.44. The number of hydrogen-bond donors (Lipinski definition) is 2. The first-order valence-electron chi connectivity index (χ1n) is 7.54. The smallest absolute Gasteiger partial charge is 0.313 e. The lowest BCUT2D eigenvalue weighted by Gasteiger charge is -2.10. The Morgan fingerprint density at radius 1 is 1.08 bits per heavy atom. The molecule has 0 bridgehead atoms. The van der Waals surface area contributed by atoms with Gasteiger partial charge in [-0.05, 0) is 49.7 Å². The summed E-state index contributed by atoms with van der Waals surface area (Å²) in [5.74, 6) is -0.613. The van der Waals surface area contributed by atoms with Crippen LogP contribution in [0.5, 0.6) is 5.75 Å². The molecular formula is C18H19BrN2O3. The van der Waals surface area contributed by atoms with E-state index in [1.165, 1.54) is 0 Å². The molecule has 0 aliphatic heterocycles. The van der Waals surface area contributed by atoms with Gasteiger partial charge in [-0.15, -0.1) is 0 Å². The highest BCUT2D eigenvalue weighted by Crippen LogP contribution is 2.16. The topological polar surface area (TPSA) is 67.4 Å². The number of rotatable bonds is 5. The van der Waals surface area contributed by atoms with Gasteiger partial charge in [0.15, 0.2) is 0 Å². The van der Waals surface area contributed by atoms with E-state index in [2.05, 4.69) is 26.6 Å². The van der Waals surface area contributed by atoms with Crippen LogP contribution in [0, 0.1) is 0 Å². The van der Waals surface area contributed by atoms with Gasteiger partial charge in [-0.1, -0.05) is 34.1 Å². The van der Waals surface area contributed by atoms with Gasteiger partial charge >= 0.3 is 11.8 Å². The lowest BCUT2D eigenvalue weighted by molar-refractivity contribution is -0.136. The molecule has 0 fully saturated rings. The Hall–Kier alpha value is -2.34. The van der Waals surface area contributed by atoms with Crippen molar-refractivity contribution in [3.05, 3.63) is 58.6 Å². The summed E-state index contributed by atoms with van der Waals surface area (Å²) in [6.45, 7) is 4.18. The molecule has 2 aromatic rings. The molecule has 2 rings (SSSR count). The first-order chi connectivity index (χ1) is 11.4. The summed E-state index contributed by atoms with van der Waals surface area (Å²) in [7, 11) is 0. The standard InChI is InChI=1S/C18H19BrN2O3/c1-12(2)24-16-8-6-13(7-9-16)11-20-17(22)18(23)21-15-5-3-4-14(19)10-15/h3-10,12H,11H2,1-2H3,(H,20,22)(H,21,23). The number of ether oxygens (including phenoxy) is 1.